The van der Waals surface area contributed by atoms with E-state index in [0.717, 1.165) is 25.9 Å². The predicted octanol–water partition coefficient (Wildman–Crippen LogP) is 1.55. The van der Waals surface area contributed by atoms with Crippen LogP contribution in [0.4, 0.5) is 17.5 Å². The van der Waals surface area contributed by atoms with E-state index >= 15 is 0 Å². The maximum Gasteiger partial charge on any atom is 0.267 e. The van der Waals surface area contributed by atoms with E-state index in [1.165, 1.54) is 6.20 Å². The minimum absolute atomic E-state index is 0.0424. The molecule has 1 saturated heterocycles. The third kappa shape index (κ3) is 3.39. The first-order valence-electron chi connectivity index (χ1n) is 8.04. The lowest BCUT2D eigenvalue weighted by Crippen LogP contribution is -2.24. The number of hydrogen-bond acceptors (Lipinski definition) is 8. The van der Waals surface area contributed by atoms with Crippen molar-refractivity contribution in [2.24, 2.45) is 0 Å². The maximum atomic E-state index is 12.7. The Morgan fingerprint density at radius 2 is 1.92 bits per heavy atom. The second-order valence-corrected chi connectivity index (χ2v) is 7.87. The minimum Gasteiger partial charge on any atom is -0.361 e. The highest BCUT2D eigenvalue weighted by Crippen LogP contribution is 2.29. The summed E-state index contributed by atoms with van der Waals surface area (Å²) in [5.41, 5.74) is 0.624. The molecule has 0 amide bonds. The van der Waals surface area contributed by atoms with Gasteiger partial charge in [-0.2, -0.15) is 4.98 Å². The van der Waals surface area contributed by atoms with Crippen LogP contribution >= 0.6 is 0 Å². The van der Waals surface area contributed by atoms with Gasteiger partial charge in [-0.3, -0.25) is 4.72 Å². The molecule has 2 aromatic heterocycles. The summed E-state index contributed by atoms with van der Waals surface area (Å²) in [6.45, 7) is 4.98. The number of anilines is 3. The summed E-state index contributed by atoms with van der Waals surface area (Å²) >= 11 is 0. The molecule has 2 aromatic rings. The molecule has 3 rings (SSSR count). The van der Waals surface area contributed by atoms with Crippen molar-refractivity contribution < 1.29 is 12.9 Å². The molecule has 0 aromatic carbocycles. The van der Waals surface area contributed by atoms with E-state index in [-0.39, 0.29) is 10.7 Å². The predicted molar refractivity (Wildman–Crippen MR) is 94.6 cm³/mol. The van der Waals surface area contributed by atoms with Crippen molar-refractivity contribution in [1.29, 1.82) is 0 Å². The van der Waals surface area contributed by atoms with E-state index in [9.17, 15) is 8.42 Å². The fraction of sp³-hybridized carbons (Fsp3) is 0.533. The van der Waals surface area contributed by atoms with Gasteiger partial charge in [-0.25, -0.2) is 13.4 Å². The Bertz CT molecular complexity index is 852. The smallest absolute Gasteiger partial charge is 0.267 e. The first-order chi connectivity index (χ1) is 11.8. The van der Waals surface area contributed by atoms with Crippen molar-refractivity contribution in [1.82, 2.24) is 15.1 Å². The summed E-state index contributed by atoms with van der Waals surface area (Å²) in [5.74, 6) is 1.36. The summed E-state index contributed by atoms with van der Waals surface area (Å²) in [7, 11) is -0.227. The molecule has 9 nitrogen and oxygen atoms in total. The van der Waals surface area contributed by atoms with Crippen molar-refractivity contribution >= 4 is 27.5 Å². The van der Waals surface area contributed by atoms with E-state index in [2.05, 4.69) is 24.7 Å². The van der Waals surface area contributed by atoms with Gasteiger partial charge < -0.3 is 14.3 Å². The van der Waals surface area contributed by atoms with Crippen LogP contribution in [0.2, 0.25) is 0 Å². The highest BCUT2D eigenvalue weighted by molar-refractivity contribution is 7.92. The quantitative estimate of drug-likeness (QED) is 0.850. The lowest BCUT2D eigenvalue weighted by Gasteiger charge is -2.21. The van der Waals surface area contributed by atoms with Gasteiger partial charge in [-0.1, -0.05) is 5.16 Å². The van der Waals surface area contributed by atoms with E-state index in [0.29, 0.717) is 23.1 Å². The molecule has 1 aliphatic heterocycles. The molecule has 10 heteroatoms. The van der Waals surface area contributed by atoms with Gasteiger partial charge in [0.2, 0.25) is 5.95 Å². The summed E-state index contributed by atoms with van der Waals surface area (Å²) < 4.78 is 33.0. The van der Waals surface area contributed by atoms with Crippen molar-refractivity contribution in [3.05, 3.63) is 17.7 Å². The minimum atomic E-state index is -3.85. The van der Waals surface area contributed by atoms with E-state index in [1.54, 1.807) is 18.7 Å². The lowest BCUT2D eigenvalue weighted by molar-refractivity contribution is 0.390. The largest absolute Gasteiger partial charge is 0.361 e. The zero-order valence-electron chi connectivity index (χ0n) is 14.8. The molecule has 0 unspecified atom stereocenters. The van der Waals surface area contributed by atoms with Gasteiger partial charge in [-0.05, 0) is 26.7 Å². The van der Waals surface area contributed by atoms with Gasteiger partial charge in [0.15, 0.2) is 16.5 Å². The summed E-state index contributed by atoms with van der Waals surface area (Å²) in [6, 6.07) is 0. The number of sulfonamides is 1. The molecule has 1 aliphatic rings. The van der Waals surface area contributed by atoms with Gasteiger partial charge in [-0.15, -0.1) is 0 Å². The molecule has 1 N–H and O–H groups in total. The summed E-state index contributed by atoms with van der Waals surface area (Å²) in [6.07, 6.45) is 3.73. The first kappa shape index (κ1) is 17.5. The van der Waals surface area contributed by atoms with Crippen LogP contribution in [0.25, 0.3) is 0 Å². The first-order valence-corrected chi connectivity index (χ1v) is 9.53. The van der Waals surface area contributed by atoms with Crippen LogP contribution < -0.4 is 14.5 Å². The van der Waals surface area contributed by atoms with Gasteiger partial charge >= 0.3 is 0 Å². The molecule has 0 aliphatic carbocycles. The second-order valence-electron chi connectivity index (χ2n) is 6.25. The maximum absolute atomic E-state index is 12.7. The molecule has 0 bridgehead atoms. The topological polar surface area (TPSA) is 104 Å². The van der Waals surface area contributed by atoms with Gasteiger partial charge in [0.25, 0.3) is 10.0 Å². The van der Waals surface area contributed by atoms with Crippen LogP contribution in [0.5, 0.6) is 0 Å². The van der Waals surface area contributed by atoms with Gasteiger partial charge in [0, 0.05) is 27.2 Å². The second kappa shape index (κ2) is 6.51. The Hall–Kier alpha value is -2.36. The summed E-state index contributed by atoms with van der Waals surface area (Å²) in [4.78, 5) is 12.8. The average molecular weight is 366 g/mol. The van der Waals surface area contributed by atoms with E-state index < -0.39 is 10.0 Å². The monoisotopic (exact) mass is 366 g/mol. The zero-order valence-corrected chi connectivity index (χ0v) is 15.6. The van der Waals surface area contributed by atoms with Crippen LogP contribution in [-0.4, -0.2) is 50.7 Å². The molecule has 25 heavy (non-hydrogen) atoms. The Morgan fingerprint density at radius 3 is 2.48 bits per heavy atom. The third-order valence-electron chi connectivity index (χ3n) is 4.05. The van der Waals surface area contributed by atoms with Crippen molar-refractivity contribution in [2.45, 2.75) is 31.6 Å². The van der Waals surface area contributed by atoms with Crippen molar-refractivity contribution in [2.75, 3.05) is 41.7 Å². The normalized spacial score (nSPS) is 14.8. The zero-order chi connectivity index (χ0) is 18.2. The number of aromatic nitrogens is 3. The Balaban J connectivity index is 1.96. The molecule has 1 fully saturated rings. The standard InChI is InChI=1S/C15H22N6O3S/c1-10-13(11(2)24-18-10)25(22,23)19-12-9-16-15(17-14(12)20(3)4)21-7-5-6-8-21/h9,19H,5-8H2,1-4H3. The number of nitrogens with one attached hydrogen (secondary N) is 1. The van der Waals surface area contributed by atoms with Crippen LogP contribution in [0.3, 0.4) is 0 Å². The third-order valence-corrected chi connectivity index (χ3v) is 5.66. The highest BCUT2D eigenvalue weighted by atomic mass is 32.2. The van der Waals surface area contributed by atoms with Crippen LogP contribution in [0.1, 0.15) is 24.3 Å². The number of hydrogen-bond donors (Lipinski definition) is 1. The molecule has 3 heterocycles. The van der Waals surface area contributed by atoms with Gasteiger partial charge in [0.1, 0.15) is 11.4 Å². The molecule has 0 saturated carbocycles. The molecule has 0 radical (unpaired) electrons. The number of aryl methyl sites for hydroxylation is 2. The van der Waals surface area contributed by atoms with Crippen LogP contribution in [-0.2, 0) is 10.0 Å². The highest BCUT2D eigenvalue weighted by Gasteiger charge is 2.26. The molecule has 136 valence electrons. The van der Waals surface area contributed by atoms with Crippen LogP contribution in [0, 0.1) is 13.8 Å². The van der Waals surface area contributed by atoms with Crippen LogP contribution in [0.15, 0.2) is 15.6 Å². The van der Waals surface area contributed by atoms with Crippen molar-refractivity contribution in [3.63, 3.8) is 0 Å². The molecular weight excluding hydrogens is 344 g/mol. The number of rotatable bonds is 5. The summed E-state index contributed by atoms with van der Waals surface area (Å²) in [5, 5.41) is 3.71. The fourth-order valence-corrected chi connectivity index (χ4v) is 4.28. The Kier molecular flexibility index (Phi) is 4.55. The average Bonchev–Trinajstić information content (AvgIpc) is 3.17. The van der Waals surface area contributed by atoms with Gasteiger partial charge in [0.05, 0.1) is 6.20 Å². The molecule has 0 spiro atoms. The van der Waals surface area contributed by atoms with Crippen molar-refractivity contribution in [3.8, 4) is 0 Å². The Labute approximate surface area is 147 Å². The SMILES string of the molecule is Cc1noc(C)c1S(=O)(=O)Nc1cnc(N2CCCC2)nc1N(C)C. The fourth-order valence-electron chi connectivity index (χ4n) is 2.90. The molecular formula is C15H22N6O3S. The molecule has 0 atom stereocenters. The van der Waals surface area contributed by atoms with E-state index in [1.807, 2.05) is 14.1 Å². The number of nitrogens with zero attached hydrogens (tertiary/aromatic N) is 5. The lowest BCUT2D eigenvalue weighted by atomic mass is 10.4. The Morgan fingerprint density at radius 1 is 1.24 bits per heavy atom. The van der Waals surface area contributed by atoms with E-state index in [4.69, 9.17) is 4.52 Å².